The number of carbonyl (C=O) groups excluding carboxylic acids is 2. The SMILES string of the molecule is Cc1cccc(CN2C(=O)N[C@](C)(c3ccc([N+](=O)[O-])cc3)C2=O)c1. The second-order valence-corrected chi connectivity index (χ2v) is 6.24. The molecule has 1 fully saturated rings. The van der Waals surface area contributed by atoms with Crippen LogP contribution in [0.1, 0.15) is 23.6 Å². The predicted molar refractivity (Wildman–Crippen MR) is 90.7 cm³/mol. The van der Waals surface area contributed by atoms with E-state index in [9.17, 15) is 19.7 Å². The van der Waals surface area contributed by atoms with Crippen molar-refractivity contribution in [3.63, 3.8) is 0 Å². The summed E-state index contributed by atoms with van der Waals surface area (Å²) >= 11 is 0. The number of urea groups is 1. The summed E-state index contributed by atoms with van der Waals surface area (Å²) in [6.45, 7) is 3.72. The number of nitrogens with one attached hydrogen (secondary N) is 1. The zero-order valence-corrected chi connectivity index (χ0v) is 13.9. The number of amides is 3. The second kappa shape index (κ2) is 6.01. The van der Waals surface area contributed by atoms with E-state index in [4.69, 9.17) is 0 Å². The van der Waals surface area contributed by atoms with Crippen molar-refractivity contribution < 1.29 is 14.5 Å². The van der Waals surface area contributed by atoms with E-state index in [2.05, 4.69) is 5.32 Å². The van der Waals surface area contributed by atoms with Gasteiger partial charge in [-0.25, -0.2) is 4.79 Å². The van der Waals surface area contributed by atoms with Gasteiger partial charge in [0.2, 0.25) is 0 Å². The largest absolute Gasteiger partial charge is 0.325 e. The number of benzene rings is 2. The first-order valence-electron chi connectivity index (χ1n) is 7.76. The minimum atomic E-state index is -1.24. The van der Waals surface area contributed by atoms with Crippen LogP contribution in [-0.2, 0) is 16.9 Å². The molecule has 0 aliphatic carbocycles. The Bertz CT molecular complexity index is 863. The van der Waals surface area contributed by atoms with Crippen LogP contribution in [0, 0.1) is 17.0 Å². The van der Waals surface area contributed by atoms with Gasteiger partial charge in [-0.2, -0.15) is 0 Å². The molecule has 2 aromatic rings. The number of carbonyl (C=O) groups is 2. The first kappa shape index (κ1) is 16.6. The van der Waals surface area contributed by atoms with Crippen molar-refractivity contribution in [1.29, 1.82) is 0 Å². The standard InChI is InChI=1S/C18H17N3O4/c1-12-4-3-5-13(10-12)11-20-16(22)18(2,19-17(20)23)14-6-8-15(9-7-14)21(24)25/h3-10H,11H2,1-2H3,(H,19,23)/t18-/m1/s1. The summed E-state index contributed by atoms with van der Waals surface area (Å²) in [6.07, 6.45) is 0. The van der Waals surface area contributed by atoms with Gasteiger partial charge in [0.05, 0.1) is 11.5 Å². The number of nitrogens with zero attached hydrogens (tertiary/aromatic N) is 2. The smallest absolute Gasteiger partial charge is 0.319 e. The van der Waals surface area contributed by atoms with Gasteiger partial charge < -0.3 is 5.32 Å². The molecule has 1 aliphatic rings. The summed E-state index contributed by atoms with van der Waals surface area (Å²) < 4.78 is 0. The second-order valence-electron chi connectivity index (χ2n) is 6.24. The Labute approximate surface area is 144 Å². The molecule has 2 aromatic carbocycles. The molecule has 1 saturated heterocycles. The van der Waals surface area contributed by atoms with Crippen molar-refractivity contribution in [2.75, 3.05) is 0 Å². The fraction of sp³-hybridized carbons (Fsp3) is 0.222. The van der Waals surface area contributed by atoms with Gasteiger partial charge in [-0.15, -0.1) is 0 Å². The first-order chi connectivity index (χ1) is 11.8. The molecule has 3 amide bonds. The van der Waals surface area contributed by atoms with E-state index in [1.807, 2.05) is 31.2 Å². The molecule has 25 heavy (non-hydrogen) atoms. The molecule has 1 heterocycles. The van der Waals surface area contributed by atoms with E-state index >= 15 is 0 Å². The minimum absolute atomic E-state index is 0.0688. The highest BCUT2D eigenvalue weighted by Crippen LogP contribution is 2.30. The summed E-state index contributed by atoms with van der Waals surface area (Å²) in [5, 5.41) is 13.5. The highest BCUT2D eigenvalue weighted by molar-refractivity contribution is 6.07. The molecule has 1 aliphatic heterocycles. The third kappa shape index (κ3) is 2.96. The van der Waals surface area contributed by atoms with Crippen LogP contribution in [-0.4, -0.2) is 21.8 Å². The van der Waals surface area contributed by atoms with Gasteiger partial charge in [-0.05, 0) is 37.1 Å². The van der Waals surface area contributed by atoms with Crippen LogP contribution in [0.3, 0.4) is 0 Å². The topological polar surface area (TPSA) is 92.6 Å². The summed E-state index contributed by atoms with van der Waals surface area (Å²) in [5.74, 6) is -0.382. The zero-order valence-electron chi connectivity index (χ0n) is 13.9. The molecule has 7 heteroatoms. The molecule has 1 N–H and O–H groups in total. The third-order valence-electron chi connectivity index (χ3n) is 4.35. The van der Waals surface area contributed by atoms with Crippen molar-refractivity contribution in [3.8, 4) is 0 Å². The monoisotopic (exact) mass is 339 g/mol. The molecule has 1 atom stereocenters. The molecule has 128 valence electrons. The Balaban J connectivity index is 1.87. The number of hydrogen-bond donors (Lipinski definition) is 1. The van der Waals surface area contributed by atoms with Crippen LogP contribution in [0.25, 0.3) is 0 Å². The van der Waals surface area contributed by atoms with Crippen LogP contribution in [0.2, 0.25) is 0 Å². The Morgan fingerprint density at radius 3 is 2.44 bits per heavy atom. The maximum atomic E-state index is 12.9. The number of imide groups is 1. The number of aryl methyl sites for hydroxylation is 1. The Morgan fingerprint density at radius 2 is 1.84 bits per heavy atom. The fourth-order valence-electron chi connectivity index (χ4n) is 2.95. The molecule has 0 aromatic heterocycles. The van der Waals surface area contributed by atoms with Crippen LogP contribution < -0.4 is 5.32 Å². The summed E-state index contributed by atoms with van der Waals surface area (Å²) in [4.78, 5) is 36.6. The Morgan fingerprint density at radius 1 is 1.16 bits per heavy atom. The van der Waals surface area contributed by atoms with Crippen LogP contribution in [0.15, 0.2) is 48.5 Å². The third-order valence-corrected chi connectivity index (χ3v) is 4.35. The van der Waals surface area contributed by atoms with Gasteiger partial charge >= 0.3 is 6.03 Å². The lowest BCUT2D eigenvalue weighted by molar-refractivity contribution is -0.384. The Kier molecular flexibility index (Phi) is 4.00. The van der Waals surface area contributed by atoms with Gasteiger partial charge in [0.1, 0.15) is 5.54 Å². The predicted octanol–water partition coefficient (Wildman–Crippen LogP) is 2.87. The fourth-order valence-corrected chi connectivity index (χ4v) is 2.95. The number of non-ortho nitro benzene ring substituents is 1. The van der Waals surface area contributed by atoms with Gasteiger partial charge in [-0.3, -0.25) is 19.8 Å². The molecule has 0 unspecified atom stereocenters. The summed E-state index contributed by atoms with van der Waals surface area (Å²) in [7, 11) is 0. The van der Waals surface area contributed by atoms with Gasteiger partial charge in [0.15, 0.2) is 0 Å². The highest BCUT2D eigenvalue weighted by Gasteiger charge is 2.48. The van der Waals surface area contributed by atoms with Crippen molar-refractivity contribution in [3.05, 3.63) is 75.3 Å². The quantitative estimate of drug-likeness (QED) is 0.526. The minimum Gasteiger partial charge on any atom is -0.319 e. The van der Waals surface area contributed by atoms with Gasteiger partial charge in [-0.1, -0.05) is 29.8 Å². The van der Waals surface area contributed by atoms with E-state index in [1.54, 1.807) is 6.92 Å². The zero-order chi connectivity index (χ0) is 18.2. The van der Waals surface area contributed by atoms with Crippen molar-refractivity contribution in [1.82, 2.24) is 10.2 Å². The van der Waals surface area contributed by atoms with Crippen LogP contribution in [0.5, 0.6) is 0 Å². The first-order valence-corrected chi connectivity index (χ1v) is 7.76. The van der Waals surface area contributed by atoms with E-state index in [1.165, 1.54) is 24.3 Å². The molecule has 0 radical (unpaired) electrons. The molecular weight excluding hydrogens is 322 g/mol. The normalized spacial score (nSPS) is 19.8. The van der Waals surface area contributed by atoms with E-state index in [-0.39, 0.29) is 18.1 Å². The van der Waals surface area contributed by atoms with Crippen molar-refractivity contribution in [2.45, 2.75) is 25.9 Å². The molecule has 3 rings (SSSR count). The van der Waals surface area contributed by atoms with Crippen molar-refractivity contribution >= 4 is 17.6 Å². The van der Waals surface area contributed by atoms with Crippen LogP contribution in [0.4, 0.5) is 10.5 Å². The molecule has 0 bridgehead atoms. The van der Waals surface area contributed by atoms with Crippen LogP contribution >= 0.6 is 0 Å². The number of nitro benzene ring substituents is 1. The van der Waals surface area contributed by atoms with E-state index < -0.39 is 16.5 Å². The average Bonchev–Trinajstić information content (AvgIpc) is 2.79. The highest BCUT2D eigenvalue weighted by atomic mass is 16.6. The molecule has 7 nitrogen and oxygen atoms in total. The number of nitro groups is 1. The number of rotatable bonds is 4. The molecule has 0 saturated carbocycles. The Hall–Kier alpha value is -3.22. The van der Waals surface area contributed by atoms with Crippen molar-refractivity contribution in [2.24, 2.45) is 0 Å². The summed E-state index contributed by atoms with van der Waals surface area (Å²) in [5.41, 5.74) is 1.10. The lowest BCUT2D eigenvalue weighted by Gasteiger charge is -2.22. The lowest BCUT2D eigenvalue weighted by atomic mass is 9.92. The lowest BCUT2D eigenvalue weighted by Crippen LogP contribution is -2.40. The summed E-state index contributed by atoms with van der Waals surface area (Å²) in [6, 6.07) is 12.7. The van der Waals surface area contributed by atoms with E-state index in [0.29, 0.717) is 5.56 Å². The molecule has 0 spiro atoms. The van der Waals surface area contributed by atoms with Gasteiger partial charge in [0, 0.05) is 12.1 Å². The maximum absolute atomic E-state index is 12.9. The maximum Gasteiger partial charge on any atom is 0.325 e. The van der Waals surface area contributed by atoms with E-state index in [0.717, 1.165) is 16.0 Å². The average molecular weight is 339 g/mol. The molecular formula is C18H17N3O4. The number of hydrogen-bond acceptors (Lipinski definition) is 4. The van der Waals surface area contributed by atoms with Gasteiger partial charge in [0.25, 0.3) is 11.6 Å².